The third kappa shape index (κ3) is 5.06. The van der Waals surface area contributed by atoms with E-state index in [-0.39, 0.29) is 22.9 Å². The first-order chi connectivity index (χ1) is 10.3. The predicted octanol–water partition coefficient (Wildman–Crippen LogP) is 2.06. The average molecular weight is 330 g/mol. The third-order valence-electron chi connectivity index (χ3n) is 3.19. The molecule has 0 atom stereocenters. The molecule has 124 valence electrons. The van der Waals surface area contributed by atoms with Gasteiger partial charge in [0.05, 0.1) is 11.4 Å². The molecule has 7 heteroatoms. The maximum absolute atomic E-state index is 13.2. The van der Waals surface area contributed by atoms with Gasteiger partial charge in [0.1, 0.15) is 5.82 Å². The fourth-order valence-corrected chi connectivity index (χ4v) is 3.10. The van der Waals surface area contributed by atoms with Crippen LogP contribution in [-0.2, 0) is 14.8 Å². The Kier molecular flexibility index (Phi) is 6.96. The van der Waals surface area contributed by atoms with E-state index < -0.39 is 15.8 Å². The molecule has 0 aromatic heterocycles. The molecular weight excluding hydrogens is 307 g/mol. The van der Waals surface area contributed by atoms with Gasteiger partial charge >= 0.3 is 0 Å². The van der Waals surface area contributed by atoms with E-state index in [4.69, 9.17) is 0 Å². The predicted molar refractivity (Wildman–Crippen MR) is 83.5 cm³/mol. The summed E-state index contributed by atoms with van der Waals surface area (Å²) in [7, 11) is -3.82. The van der Waals surface area contributed by atoms with Crippen LogP contribution in [0.4, 0.5) is 4.39 Å². The molecular formula is C15H23FN2O3S. The number of sulfonamides is 1. The normalized spacial score (nSPS) is 11.5. The number of carbonyl (C=O) groups is 1. The highest BCUT2D eigenvalue weighted by atomic mass is 32.2. The van der Waals surface area contributed by atoms with Crippen LogP contribution in [0.1, 0.15) is 32.3 Å². The first kappa shape index (κ1) is 18.6. The Hall–Kier alpha value is -1.47. The summed E-state index contributed by atoms with van der Waals surface area (Å²) in [5, 5.41) is 0. The number of hydrogen-bond acceptors (Lipinski definition) is 3. The Balaban J connectivity index is 2.76. The number of carbonyl (C=O) groups excluding carboxylic acids is 1. The minimum absolute atomic E-state index is 0.0447. The second-order valence-corrected chi connectivity index (χ2v) is 6.88. The van der Waals surface area contributed by atoms with Crippen LogP contribution in [0.3, 0.4) is 0 Å². The van der Waals surface area contributed by atoms with E-state index in [1.165, 1.54) is 19.1 Å². The quantitative estimate of drug-likeness (QED) is 0.793. The first-order valence-electron chi connectivity index (χ1n) is 7.35. The van der Waals surface area contributed by atoms with Gasteiger partial charge < -0.3 is 4.90 Å². The second kappa shape index (κ2) is 8.24. The molecule has 0 aliphatic heterocycles. The smallest absolute Gasteiger partial charge is 0.241 e. The molecule has 0 aliphatic rings. The van der Waals surface area contributed by atoms with Gasteiger partial charge in [0.15, 0.2) is 0 Å². The van der Waals surface area contributed by atoms with E-state index in [0.29, 0.717) is 13.1 Å². The molecule has 0 fully saturated rings. The second-order valence-electron chi connectivity index (χ2n) is 5.12. The third-order valence-corrected chi connectivity index (χ3v) is 4.59. The molecule has 0 bridgehead atoms. The van der Waals surface area contributed by atoms with Crippen LogP contribution in [0.25, 0.3) is 0 Å². The maximum Gasteiger partial charge on any atom is 0.241 e. The summed E-state index contributed by atoms with van der Waals surface area (Å²) in [5.41, 5.74) is 0.243. The Morgan fingerprint density at radius 1 is 1.23 bits per heavy atom. The van der Waals surface area contributed by atoms with Crippen molar-refractivity contribution >= 4 is 15.9 Å². The van der Waals surface area contributed by atoms with Crippen LogP contribution in [-0.4, -0.2) is 38.9 Å². The first-order valence-corrected chi connectivity index (χ1v) is 8.83. The van der Waals surface area contributed by atoms with Crippen molar-refractivity contribution in [3.63, 3.8) is 0 Å². The Morgan fingerprint density at radius 3 is 2.32 bits per heavy atom. The van der Waals surface area contributed by atoms with Crippen molar-refractivity contribution in [3.05, 3.63) is 29.6 Å². The Labute approximate surface area is 131 Å². The van der Waals surface area contributed by atoms with Gasteiger partial charge in [-0.2, -0.15) is 0 Å². The molecule has 1 aromatic carbocycles. The number of benzene rings is 1. The molecule has 5 nitrogen and oxygen atoms in total. The molecule has 0 saturated heterocycles. The van der Waals surface area contributed by atoms with E-state index in [1.807, 2.05) is 13.8 Å². The molecule has 0 saturated carbocycles. The van der Waals surface area contributed by atoms with Crippen LogP contribution < -0.4 is 4.72 Å². The molecule has 0 aliphatic carbocycles. The van der Waals surface area contributed by atoms with E-state index in [2.05, 4.69) is 4.72 Å². The van der Waals surface area contributed by atoms with Gasteiger partial charge in [-0.15, -0.1) is 0 Å². The minimum atomic E-state index is -3.82. The number of nitrogens with zero attached hydrogens (tertiary/aromatic N) is 1. The molecule has 0 unspecified atom stereocenters. The Bertz CT molecular complexity index is 611. The van der Waals surface area contributed by atoms with E-state index in [1.54, 1.807) is 4.90 Å². The van der Waals surface area contributed by atoms with Crippen molar-refractivity contribution in [2.24, 2.45) is 0 Å². The fraction of sp³-hybridized carbons (Fsp3) is 0.533. The standard InChI is InChI=1S/C15H23FN2O3S/c1-4-8-18(9-5-2)15(19)11-17-22(20,21)13-6-7-14(16)12(3)10-13/h6-7,10,17H,4-5,8-9,11H2,1-3H3. The number of hydrogen-bond donors (Lipinski definition) is 1. The minimum Gasteiger partial charge on any atom is -0.342 e. The highest BCUT2D eigenvalue weighted by Crippen LogP contribution is 2.14. The molecule has 1 aromatic rings. The highest BCUT2D eigenvalue weighted by molar-refractivity contribution is 7.89. The van der Waals surface area contributed by atoms with E-state index in [9.17, 15) is 17.6 Å². The van der Waals surface area contributed by atoms with Crippen molar-refractivity contribution in [1.82, 2.24) is 9.62 Å². The molecule has 1 N–H and O–H groups in total. The summed E-state index contributed by atoms with van der Waals surface area (Å²) >= 11 is 0. The van der Waals surface area contributed by atoms with Gasteiger partial charge in [0.2, 0.25) is 15.9 Å². The van der Waals surface area contributed by atoms with Gasteiger partial charge in [-0.25, -0.2) is 17.5 Å². The van der Waals surface area contributed by atoms with Gasteiger partial charge in [0, 0.05) is 13.1 Å². The fourth-order valence-electron chi connectivity index (χ4n) is 2.04. The summed E-state index contributed by atoms with van der Waals surface area (Å²) in [4.78, 5) is 13.7. The van der Waals surface area contributed by atoms with Crippen LogP contribution in [0.5, 0.6) is 0 Å². The summed E-state index contributed by atoms with van der Waals surface area (Å²) in [5.74, 6) is -0.724. The van der Waals surface area contributed by atoms with Gasteiger partial charge in [-0.05, 0) is 43.5 Å². The summed E-state index contributed by atoms with van der Waals surface area (Å²) in [6, 6.07) is 3.54. The molecule has 0 spiro atoms. The van der Waals surface area contributed by atoms with Crippen LogP contribution in [0.15, 0.2) is 23.1 Å². The summed E-state index contributed by atoms with van der Waals surface area (Å²) < 4.78 is 39.7. The lowest BCUT2D eigenvalue weighted by Crippen LogP contribution is -2.40. The molecule has 0 radical (unpaired) electrons. The zero-order valence-corrected chi connectivity index (χ0v) is 14.0. The zero-order chi connectivity index (χ0) is 16.8. The average Bonchev–Trinajstić information content (AvgIpc) is 2.47. The number of amides is 1. The maximum atomic E-state index is 13.2. The van der Waals surface area contributed by atoms with Crippen LogP contribution >= 0.6 is 0 Å². The largest absolute Gasteiger partial charge is 0.342 e. The lowest BCUT2D eigenvalue weighted by molar-refractivity contribution is -0.130. The van der Waals surface area contributed by atoms with Gasteiger partial charge in [-0.3, -0.25) is 4.79 Å². The lowest BCUT2D eigenvalue weighted by Gasteiger charge is -2.21. The van der Waals surface area contributed by atoms with Crippen molar-refractivity contribution in [2.75, 3.05) is 19.6 Å². The molecule has 1 rings (SSSR count). The monoisotopic (exact) mass is 330 g/mol. The summed E-state index contributed by atoms with van der Waals surface area (Å²) in [6.07, 6.45) is 1.63. The van der Waals surface area contributed by atoms with Crippen molar-refractivity contribution in [1.29, 1.82) is 0 Å². The van der Waals surface area contributed by atoms with E-state index >= 15 is 0 Å². The number of aryl methyl sites for hydroxylation is 1. The number of rotatable bonds is 8. The highest BCUT2D eigenvalue weighted by Gasteiger charge is 2.19. The SMILES string of the molecule is CCCN(CCC)C(=O)CNS(=O)(=O)c1ccc(F)c(C)c1. The topological polar surface area (TPSA) is 66.5 Å². The number of nitrogens with one attached hydrogen (secondary N) is 1. The Morgan fingerprint density at radius 2 is 1.82 bits per heavy atom. The van der Waals surface area contributed by atoms with Crippen LogP contribution in [0, 0.1) is 12.7 Å². The summed E-state index contributed by atoms with van der Waals surface area (Å²) in [6.45, 7) is 6.32. The van der Waals surface area contributed by atoms with Gasteiger partial charge in [0.25, 0.3) is 0 Å². The van der Waals surface area contributed by atoms with E-state index in [0.717, 1.165) is 18.9 Å². The van der Waals surface area contributed by atoms with Gasteiger partial charge in [-0.1, -0.05) is 13.8 Å². The lowest BCUT2D eigenvalue weighted by atomic mass is 10.2. The van der Waals surface area contributed by atoms with Crippen molar-refractivity contribution < 1.29 is 17.6 Å². The van der Waals surface area contributed by atoms with Crippen molar-refractivity contribution in [3.8, 4) is 0 Å². The number of halogens is 1. The zero-order valence-electron chi connectivity index (χ0n) is 13.2. The molecule has 0 heterocycles. The van der Waals surface area contributed by atoms with Crippen molar-refractivity contribution in [2.45, 2.75) is 38.5 Å². The van der Waals surface area contributed by atoms with Crippen LogP contribution in [0.2, 0.25) is 0 Å². The molecule has 1 amide bonds. The molecule has 22 heavy (non-hydrogen) atoms.